The van der Waals surface area contributed by atoms with E-state index >= 15 is 0 Å². The monoisotopic (exact) mass is 507 g/mol. The number of aliphatic hydroxyl groups excluding tert-OH is 1. The van der Waals surface area contributed by atoms with Gasteiger partial charge in [0.2, 0.25) is 0 Å². The molecule has 6 heteroatoms. The normalized spacial score (nSPS) is 13.1. The predicted molar refractivity (Wildman–Crippen MR) is 148 cm³/mol. The summed E-state index contributed by atoms with van der Waals surface area (Å²) in [6.07, 6.45) is 20.9. The second kappa shape index (κ2) is 22.6. The molecule has 1 aromatic rings. The van der Waals surface area contributed by atoms with Gasteiger partial charge in [-0.1, -0.05) is 115 Å². The quantitative estimate of drug-likeness (QED) is 0.111. The number of phenols is 1. The van der Waals surface area contributed by atoms with Gasteiger partial charge in [0.25, 0.3) is 0 Å². The smallest absolute Gasteiger partial charge is 0.321 e. The zero-order valence-electron chi connectivity index (χ0n) is 22.8. The van der Waals surface area contributed by atoms with E-state index in [0.717, 1.165) is 18.4 Å². The Bertz CT molecular complexity index is 637. The molecule has 0 amide bonds. The van der Waals surface area contributed by atoms with E-state index < -0.39 is 18.1 Å². The third kappa shape index (κ3) is 18.6. The number of hydrogen-bond donors (Lipinski definition) is 4. The van der Waals surface area contributed by atoms with Crippen molar-refractivity contribution in [1.29, 1.82) is 0 Å². The molecule has 0 aliphatic carbocycles. The number of unbranched alkanes of at least 4 members (excludes halogenated alkanes) is 15. The Morgan fingerprint density at radius 1 is 0.806 bits per heavy atom. The lowest BCUT2D eigenvalue weighted by Crippen LogP contribution is -2.43. The number of rotatable bonds is 25. The molecule has 0 radical (unpaired) electrons. The topological polar surface area (TPSA) is 99.0 Å². The van der Waals surface area contributed by atoms with Crippen molar-refractivity contribution < 1.29 is 24.9 Å². The van der Waals surface area contributed by atoms with Crippen LogP contribution in [0.2, 0.25) is 0 Å². The van der Waals surface area contributed by atoms with E-state index in [1.54, 1.807) is 12.1 Å². The van der Waals surface area contributed by atoms with E-state index in [2.05, 4.69) is 12.2 Å². The summed E-state index contributed by atoms with van der Waals surface area (Å²) in [5.41, 5.74) is 0.807. The summed E-state index contributed by atoms with van der Waals surface area (Å²) in [7, 11) is 0. The first-order valence-electron chi connectivity index (χ1n) is 14.5. The highest BCUT2D eigenvalue weighted by atomic mass is 16.5. The molecular weight excluding hydrogens is 454 g/mol. The average molecular weight is 508 g/mol. The number of aliphatic carboxylic acids is 1. The molecule has 6 nitrogen and oxygen atoms in total. The van der Waals surface area contributed by atoms with Gasteiger partial charge in [-0.3, -0.25) is 4.79 Å². The van der Waals surface area contributed by atoms with Gasteiger partial charge in [0, 0.05) is 13.2 Å². The van der Waals surface area contributed by atoms with Crippen LogP contribution in [0.4, 0.5) is 0 Å². The van der Waals surface area contributed by atoms with Gasteiger partial charge >= 0.3 is 5.97 Å². The van der Waals surface area contributed by atoms with Gasteiger partial charge in [0.1, 0.15) is 11.8 Å². The van der Waals surface area contributed by atoms with E-state index in [1.807, 2.05) is 0 Å². The van der Waals surface area contributed by atoms with Gasteiger partial charge in [-0.15, -0.1) is 0 Å². The number of aliphatic hydroxyl groups is 1. The van der Waals surface area contributed by atoms with Crippen molar-refractivity contribution in [3.63, 3.8) is 0 Å². The highest BCUT2D eigenvalue weighted by Crippen LogP contribution is 2.14. The number of carboxylic acids is 1. The first-order chi connectivity index (χ1) is 17.5. The van der Waals surface area contributed by atoms with Crippen LogP contribution in [0, 0.1) is 0 Å². The lowest BCUT2D eigenvalue weighted by atomic mass is 10.0. The van der Waals surface area contributed by atoms with Crippen molar-refractivity contribution >= 4 is 5.97 Å². The van der Waals surface area contributed by atoms with Gasteiger partial charge in [-0.05, 0) is 30.5 Å². The minimum Gasteiger partial charge on any atom is -0.508 e. The SMILES string of the molecule is CCCCCCCCCCCCCCCCCCOCC(O)CNC(Cc1ccc(O)cc1)C(=O)O. The van der Waals surface area contributed by atoms with Crippen molar-refractivity contribution in [2.24, 2.45) is 0 Å². The van der Waals surface area contributed by atoms with E-state index in [-0.39, 0.29) is 25.3 Å². The molecule has 0 heterocycles. The van der Waals surface area contributed by atoms with Crippen LogP contribution in [-0.2, 0) is 16.0 Å². The molecule has 0 aliphatic rings. The molecule has 0 aliphatic heterocycles. The molecule has 0 aromatic heterocycles. The zero-order chi connectivity index (χ0) is 26.3. The summed E-state index contributed by atoms with van der Waals surface area (Å²) in [6.45, 7) is 3.27. The van der Waals surface area contributed by atoms with Crippen LogP contribution >= 0.6 is 0 Å². The third-order valence-corrected chi connectivity index (χ3v) is 6.73. The minimum atomic E-state index is -0.968. The first-order valence-corrected chi connectivity index (χ1v) is 14.5. The first kappa shape index (κ1) is 32.4. The van der Waals surface area contributed by atoms with Gasteiger partial charge in [0.05, 0.1) is 12.7 Å². The summed E-state index contributed by atoms with van der Waals surface area (Å²) in [5, 5.41) is 31.8. The fourth-order valence-corrected chi connectivity index (χ4v) is 4.42. The Labute approximate surface area is 219 Å². The molecule has 36 heavy (non-hydrogen) atoms. The highest BCUT2D eigenvalue weighted by molar-refractivity contribution is 5.73. The number of phenolic OH excluding ortho intramolecular Hbond substituents is 1. The maximum Gasteiger partial charge on any atom is 0.321 e. The number of carbonyl (C=O) groups is 1. The van der Waals surface area contributed by atoms with E-state index in [4.69, 9.17) is 4.74 Å². The maximum atomic E-state index is 11.5. The highest BCUT2D eigenvalue weighted by Gasteiger charge is 2.19. The fourth-order valence-electron chi connectivity index (χ4n) is 4.42. The standard InChI is InChI=1S/C30H53NO5/c1-2-3-4-5-6-7-8-9-10-11-12-13-14-15-16-17-22-36-25-28(33)24-31-29(30(34)35)23-26-18-20-27(32)21-19-26/h18-21,28-29,31-33H,2-17,22-25H2,1H3,(H,34,35). The van der Waals surface area contributed by atoms with Crippen LogP contribution in [0.1, 0.15) is 115 Å². The number of nitrogens with one attached hydrogen (secondary N) is 1. The van der Waals surface area contributed by atoms with Crippen molar-refractivity contribution in [1.82, 2.24) is 5.32 Å². The van der Waals surface area contributed by atoms with Crippen LogP contribution in [0.5, 0.6) is 5.75 Å². The number of hydrogen-bond acceptors (Lipinski definition) is 5. The van der Waals surface area contributed by atoms with Gasteiger partial charge in [-0.2, -0.15) is 0 Å². The Morgan fingerprint density at radius 3 is 1.75 bits per heavy atom. The van der Waals surface area contributed by atoms with E-state index in [9.17, 15) is 20.1 Å². The Hall–Kier alpha value is -1.63. The van der Waals surface area contributed by atoms with Crippen LogP contribution in [-0.4, -0.2) is 53.2 Å². The average Bonchev–Trinajstić information content (AvgIpc) is 2.86. The largest absolute Gasteiger partial charge is 0.508 e. The number of benzene rings is 1. The Kier molecular flexibility index (Phi) is 20.3. The predicted octanol–water partition coefficient (Wildman–Crippen LogP) is 6.62. The summed E-state index contributed by atoms with van der Waals surface area (Å²) in [4.78, 5) is 11.5. The summed E-state index contributed by atoms with van der Waals surface area (Å²) in [6, 6.07) is 5.67. The third-order valence-electron chi connectivity index (χ3n) is 6.73. The van der Waals surface area contributed by atoms with E-state index in [0.29, 0.717) is 6.61 Å². The summed E-state index contributed by atoms with van der Waals surface area (Å²) >= 11 is 0. The Morgan fingerprint density at radius 2 is 1.28 bits per heavy atom. The second-order valence-electron chi connectivity index (χ2n) is 10.2. The van der Waals surface area contributed by atoms with Gasteiger partial charge in [-0.25, -0.2) is 0 Å². The number of ether oxygens (including phenoxy) is 1. The molecule has 0 spiro atoms. The number of aromatic hydroxyl groups is 1. The summed E-state index contributed by atoms with van der Waals surface area (Å²) < 4.78 is 5.57. The zero-order valence-corrected chi connectivity index (χ0v) is 22.8. The molecule has 0 fully saturated rings. The summed E-state index contributed by atoms with van der Waals surface area (Å²) in [5.74, 6) is -0.820. The molecule has 4 N–H and O–H groups in total. The van der Waals surface area contributed by atoms with E-state index in [1.165, 1.54) is 102 Å². The number of carboxylic acid groups (broad SMARTS) is 1. The molecule has 0 bridgehead atoms. The fraction of sp³-hybridized carbons (Fsp3) is 0.767. The van der Waals surface area contributed by atoms with Crippen LogP contribution in [0.3, 0.4) is 0 Å². The van der Waals surface area contributed by atoms with Gasteiger partial charge < -0.3 is 25.4 Å². The van der Waals surface area contributed by atoms with Crippen molar-refractivity contribution in [2.45, 2.75) is 128 Å². The minimum absolute atomic E-state index is 0.149. The van der Waals surface area contributed by atoms with Crippen LogP contribution < -0.4 is 5.32 Å². The molecule has 0 saturated heterocycles. The van der Waals surface area contributed by atoms with Crippen LogP contribution in [0.15, 0.2) is 24.3 Å². The second-order valence-corrected chi connectivity index (χ2v) is 10.2. The molecule has 0 saturated carbocycles. The molecule has 208 valence electrons. The van der Waals surface area contributed by atoms with Gasteiger partial charge in [0.15, 0.2) is 0 Å². The lowest BCUT2D eigenvalue weighted by Gasteiger charge is -2.18. The van der Waals surface area contributed by atoms with Crippen molar-refractivity contribution in [3.05, 3.63) is 29.8 Å². The molecule has 2 atom stereocenters. The lowest BCUT2D eigenvalue weighted by molar-refractivity contribution is -0.139. The molecule has 1 aromatic carbocycles. The Balaban J connectivity index is 1.89. The molecule has 2 unspecified atom stereocenters. The molecule has 1 rings (SSSR count). The van der Waals surface area contributed by atoms with Crippen molar-refractivity contribution in [3.8, 4) is 5.75 Å². The van der Waals surface area contributed by atoms with Crippen LogP contribution in [0.25, 0.3) is 0 Å². The maximum absolute atomic E-state index is 11.5. The van der Waals surface area contributed by atoms with Crippen molar-refractivity contribution in [2.75, 3.05) is 19.8 Å². The molecular formula is C30H53NO5.